The lowest BCUT2D eigenvalue weighted by Crippen LogP contribution is -2.48. The van der Waals surface area contributed by atoms with E-state index >= 15 is 0 Å². The molecule has 3 aromatic heterocycles. The molecule has 3 atom stereocenters. The van der Waals surface area contributed by atoms with Crippen LogP contribution in [0.25, 0.3) is 11.5 Å². The number of piperazine rings is 1. The molecule has 13 heteroatoms. The number of likely N-dealkylation sites (tertiary alicyclic amines) is 1. The number of carbonyl (C=O) groups excluding carboxylic acids is 1. The molecular formula is C31H39N9O3S. The van der Waals surface area contributed by atoms with E-state index in [0.29, 0.717) is 60.0 Å². The monoisotopic (exact) mass is 617 g/mol. The first-order valence-corrected chi connectivity index (χ1v) is 16.1. The van der Waals surface area contributed by atoms with E-state index < -0.39 is 5.41 Å². The number of carbonyl (C=O) groups is 1. The molecule has 2 fully saturated rings. The number of aryl methyl sites for hydroxylation is 1. The van der Waals surface area contributed by atoms with Gasteiger partial charge in [-0.05, 0) is 72.5 Å². The Morgan fingerprint density at radius 1 is 1.25 bits per heavy atom. The van der Waals surface area contributed by atoms with Crippen LogP contribution in [0.5, 0.6) is 6.01 Å². The SMILES string of the molecule is C/C=C/C(=O)N1CCN(c2cc(-c3noc([C@@]4(C)CCCc5sc(N)c(C#N)c54)n3)nc(O[C@@H](C)[C@@H]3CCCN3C)n2)CC1. The molecule has 0 spiro atoms. The number of ether oxygens (including phenoxy) is 1. The summed E-state index contributed by atoms with van der Waals surface area (Å²) in [4.78, 5) is 34.2. The predicted octanol–water partition coefficient (Wildman–Crippen LogP) is 3.77. The second kappa shape index (κ2) is 12.2. The third kappa shape index (κ3) is 5.52. The molecule has 3 aliphatic rings. The van der Waals surface area contributed by atoms with Gasteiger partial charge in [0, 0.05) is 48.7 Å². The summed E-state index contributed by atoms with van der Waals surface area (Å²) in [5.41, 5.74) is 7.49. The van der Waals surface area contributed by atoms with Gasteiger partial charge in [0.1, 0.15) is 28.7 Å². The van der Waals surface area contributed by atoms with Crippen molar-refractivity contribution in [2.24, 2.45) is 0 Å². The molecule has 44 heavy (non-hydrogen) atoms. The van der Waals surface area contributed by atoms with Crippen molar-refractivity contribution < 1.29 is 14.1 Å². The molecule has 2 aliphatic heterocycles. The van der Waals surface area contributed by atoms with Crippen molar-refractivity contribution in [2.45, 2.75) is 70.4 Å². The molecule has 0 bridgehead atoms. The van der Waals surface area contributed by atoms with Gasteiger partial charge in [0.15, 0.2) is 0 Å². The quantitative estimate of drug-likeness (QED) is 0.386. The van der Waals surface area contributed by atoms with Gasteiger partial charge < -0.3 is 24.8 Å². The zero-order chi connectivity index (χ0) is 31.0. The molecule has 5 heterocycles. The first-order valence-electron chi connectivity index (χ1n) is 15.3. The number of allylic oxidation sites excluding steroid dienone is 1. The van der Waals surface area contributed by atoms with E-state index in [1.54, 1.807) is 12.2 Å². The second-order valence-corrected chi connectivity index (χ2v) is 13.2. The number of rotatable bonds is 7. The molecule has 1 aliphatic carbocycles. The minimum absolute atomic E-state index is 0.0136. The molecular weight excluding hydrogens is 578 g/mol. The van der Waals surface area contributed by atoms with Crippen LogP contribution in [0, 0.1) is 11.3 Å². The van der Waals surface area contributed by atoms with Crippen molar-refractivity contribution in [3.05, 3.63) is 40.1 Å². The Kier molecular flexibility index (Phi) is 8.30. The number of nitrogens with two attached hydrogens (primary N) is 1. The lowest BCUT2D eigenvalue weighted by molar-refractivity contribution is -0.126. The summed E-state index contributed by atoms with van der Waals surface area (Å²) in [5.74, 6) is 1.46. The van der Waals surface area contributed by atoms with Gasteiger partial charge in [0.05, 0.1) is 11.0 Å². The van der Waals surface area contributed by atoms with Crippen molar-refractivity contribution in [1.82, 2.24) is 29.9 Å². The molecule has 3 aromatic rings. The van der Waals surface area contributed by atoms with Crippen LogP contribution in [0.4, 0.5) is 10.8 Å². The maximum absolute atomic E-state index is 12.4. The molecule has 2 N–H and O–H groups in total. The van der Waals surface area contributed by atoms with Crippen LogP contribution < -0.4 is 15.4 Å². The molecule has 232 valence electrons. The van der Waals surface area contributed by atoms with Gasteiger partial charge in [-0.3, -0.25) is 9.69 Å². The Labute approximate surface area is 261 Å². The number of likely N-dealkylation sites (N-methyl/N-ethyl adjacent to an activating group) is 1. The summed E-state index contributed by atoms with van der Waals surface area (Å²) in [6.45, 7) is 9.39. The summed E-state index contributed by atoms with van der Waals surface area (Å²) < 4.78 is 12.3. The van der Waals surface area contributed by atoms with Crippen LogP contribution in [0.15, 0.2) is 22.7 Å². The van der Waals surface area contributed by atoms with Crippen LogP contribution >= 0.6 is 11.3 Å². The lowest BCUT2D eigenvalue weighted by atomic mass is 9.72. The van der Waals surface area contributed by atoms with Gasteiger partial charge in [0.25, 0.3) is 0 Å². The number of fused-ring (bicyclic) bond motifs is 1. The Morgan fingerprint density at radius 3 is 2.75 bits per heavy atom. The second-order valence-electron chi connectivity index (χ2n) is 12.1. The first kappa shape index (κ1) is 30.0. The van der Waals surface area contributed by atoms with Crippen LogP contribution in [0.1, 0.15) is 68.3 Å². The number of amides is 1. The molecule has 0 radical (unpaired) electrons. The number of hydrogen-bond acceptors (Lipinski definition) is 12. The Bertz CT molecular complexity index is 1600. The highest BCUT2D eigenvalue weighted by molar-refractivity contribution is 7.16. The summed E-state index contributed by atoms with van der Waals surface area (Å²) in [7, 11) is 2.12. The number of hydrogen-bond donors (Lipinski definition) is 1. The predicted molar refractivity (Wildman–Crippen MR) is 168 cm³/mol. The number of aromatic nitrogens is 4. The van der Waals surface area contributed by atoms with Crippen LogP contribution in [-0.2, 0) is 16.6 Å². The highest BCUT2D eigenvalue weighted by Gasteiger charge is 2.43. The van der Waals surface area contributed by atoms with E-state index in [1.165, 1.54) is 11.3 Å². The van der Waals surface area contributed by atoms with E-state index in [2.05, 4.69) is 35.0 Å². The van der Waals surface area contributed by atoms with E-state index in [-0.39, 0.29) is 24.1 Å². The zero-order valence-electron chi connectivity index (χ0n) is 25.7. The Balaban J connectivity index is 1.33. The number of nitrogen functional groups attached to an aromatic ring is 1. The van der Waals surface area contributed by atoms with Crippen LogP contribution in [0.3, 0.4) is 0 Å². The summed E-state index contributed by atoms with van der Waals surface area (Å²) >= 11 is 1.47. The standard InChI is InChI=1S/C31H39N9O3S/c1-5-8-25(41)40-15-13-39(14-16-40)24-17-21(34-30(35-24)42-19(2)22-9-7-12-38(22)4)28-36-29(43-37-28)31(3)11-6-10-23-26(31)20(18-32)27(33)44-23/h5,8,17,19,22H,6-7,9-16,33H2,1-4H3/b8-5+/t19-,22-,31-/m0/s1. The Hall–Kier alpha value is -4.02. The van der Waals surface area contributed by atoms with E-state index in [4.69, 9.17) is 29.9 Å². The third-order valence-electron chi connectivity index (χ3n) is 9.21. The summed E-state index contributed by atoms with van der Waals surface area (Å²) in [6, 6.07) is 4.69. The average molecular weight is 618 g/mol. The fourth-order valence-corrected chi connectivity index (χ4v) is 7.97. The van der Waals surface area contributed by atoms with Gasteiger partial charge >= 0.3 is 6.01 Å². The lowest BCUT2D eigenvalue weighted by Gasteiger charge is -2.35. The van der Waals surface area contributed by atoms with Crippen molar-refractivity contribution in [3.63, 3.8) is 0 Å². The topological polar surface area (TPSA) is 151 Å². The molecule has 6 rings (SSSR count). The first-order chi connectivity index (χ1) is 21.2. The van der Waals surface area contributed by atoms with Crippen molar-refractivity contribution in [3.8, 4) is 23.6 Å². The van der Waals surface area contributed by atoms with E-state index in [0.717, 1.165) is 49.1 Å². The van der Waals surface area contributed by atoms with Gasteiger partial charge in [-0.25, -0.2) is 0 Å². The minimum Gasteiger partial charge on any atom is -0.459 e. The number of nitriles is 1. The van der Waals surface area contributed by atoms with Crippen molar-refractivity contribution in [2.75, 3.05) is 50.4 Å². The molecule has 1 amide bonds. The molecule has 0 aromatic carbocycles. The maximum Gasteiger partial charge on any atom is 0.319 e. The normalized spacial score (nSPS) is 23.1. The maximum atomic E-state index is 12.4. The molecule has 0 saturated carbocycles. The number of nitrogens with zero attached hydrogens (tertiary/aromatic N) is 8. The highest BCUT2D eigenvalue weighted by atomic mass is 32.1. The average Bonchev–Trinajstić information content (AvgIpc) is 3.76. The third-order valence-corrected chi connectivity index (χ3v) is 10.3. The van der Waals surface area contributed by atoms with Gasteiger partial charge in [-0.15, -0.1) is 11.3 Å². The van der Waals surface area contributed by atoms with Crippen molar-refractivity contribution in [1.29, 1.82) is 5.26 Å². The summed E-state index contributed by atoms with van der Waals surface area (Å²) in [5, 5.41) is 14.8. The Morgan fingerprint density at radius 2 is 2.05 bits per heavy atom. The molecule has 2 saturated heterocycles. The minimum atomic E-state index is -0.634. The van der Waals surface area contributed by atoms with Gasteiger partial charge in [-0.1, -0.05) is 11.2 Å². The smallest absolute Gasteiger partial charge is 0.319 e. The highest BCUT2D eigenvalue weighted by Crippen LogP contribution is 2.48. The number of thiophene rings is 1. The van der Waals surface area contributed by atoms with Gasteiger partial charge in [-0.2, -0.15) is 20.2 Å². The van der Waals surface area contributed by atoms with E-state index in [1.807, 2.05) is 24.8 Å². The fourth-order valence-electron chi connectivity index (χ4n) is 6.78. The zero-order valence-corrected chi connectivity index (χ0v) is 26.6. The van der Waals surface area contributed by atoms with Gasteiger partial charge in [0.2, 0.25) is 17.6 Å². The molecule has 12 nitrogen and oxygen atoms in total. The van der Waals surface area contributed by atoms with Crippen LogP contribution in [0.2, 0.25) is 0 Å². The number of anilines is 2. The summed E-state index contributed by atoms with van der Waals surface area (Å²) in [6.07, 6.45) is 8.00. The fraction of sp³-hybridized carbons (Fsp3) is 0.548. The molecule has 0 unspecified atom stereocenters. The largest absolute Gasteiger partial charge is 0.459 e. The van der Waals surface area contributed by atoms with Crippen LogP contribution in [-0.4, -0.2) is 87.7 Å². The van der Waals surface area contributed by atoms with E-state index in [9.17, 15) is 10.1 Å². The van der Waals surface area contributed by atoms with Crippen molar-refractivity contribution >= 4 is 28.1 Å².